The number of anilines is 1. The van der Waals surface area contributed by atoms with Crippen LogP contribution in [0.4, 0.5) is 5.82 Å². The van der Waals surface area contributed by atoms with E-state index in [4.69, 9.17) is 9.97 Å². The van der Waals surface area contributed by atoms with E-state index in [0.717, 1.165) is 66.6 Å². The van der Waals surface area contributed by atoms with E-state index >= 15 is 0 Å². The van der Waals surface area contributed by atoms with E-state index in [1.165, 1.54) is 48.8 Å². The molecular weight excluding hydrogens is 446 g/mol. The lowest BCUT2D eigenvalue weighted by Crippen LogP contribution is -2.31. The average molecular weight is 478 g/mol. The highest BCUT2D eigenvalue weighted by atomic mass is 15.2. The van der Waals surface area contributed by atoms with Crippen LogP contribution in [-0.2, 0) is 6.42 Å². The molecule has 5 heterocycles. The number of imidazole rings is 1. The van der Waals surface area contributed by atoms with Gasteiger partial charge < -0.3 is 14.8 Å². The Hall–Kier alpha value is -3.58. The third-order valence-electron chi connectivity index (χ3n) is 7.87. The van der Waals surface area contributed by atoms with Crippen molar-refractivity contribution in [3.63, 3.8) is 0 Å². The Bertz CT molecular complexity index is 1440. The summed E-state index contributed by atoms with van der Waals surface area (Å²) in [5.74, 6) is 1.04. The molecule has 7 rings (SSSR count). The Morgan fingerprint density at radius 3 is 2.75 bits per heavy atom. The van der Waals surface area contributed by atoms with E-state index in [-0.39, 0.29) is 0 Å². The lowest BCUT2D eigenvalue weighted by molar-refractivity contribution is 0.378. The van der Waals surface area contributed by atoms with Gasteiger partial charge in [-0.2, -0.15) is 0 Å². The molecule has 1 atom stereocenters. The van der Waals surface area contributed by atoms with Crippen molar-refractivity contribution in [2.45, 2.75) is 44.6 Å². The Morgan fingerprint density at radius 1 is 0.917 bits per heavy atom. The maximum atomic E-state index is 5.14. The van der Waals surface area contributed by atoms with E-state index in [1.807, 2.05) is 24.8 Å². The fraction of sp³-hybridized carbons (Fsp3) is 0.379. The SMILES string of the molecule is C1=C(c2ccc3ncn(C4CCCNC4)c3c2)c2nc(-c3ccnc(N4CCCCC4)c3)cnc2C1. The van der Waals surface area contributed by atoms with Crippen molar-refractivity contribution in [3.05, 3.63) is 72.1 Å². The van der Waals surface area contributed by atoms with Crippen LogP contribution in [0.25, 0.3) is 27.9 Å². The molecule has 0 radical (unpaired) electrons. The zero-order valence-electron chi connectivity index (χ0n) is 20.5. The van der Waals surface area contributed by atoms with Crippen molar-refractivity contribution >= 4 is 22.4 Å². The first kappa shape index (κ1) is 21.7. The van der Waals surface area contributed by atoms with Crippen LogP contribution in [0.15, 0.2) is 55.1 Å². The number of benzene rings is 1. The third kappa shape index (κ3) is 3.88. The number of hydrogen-bond acceptors (Lipinski definition) is 6. The normalized spacial score (nSPS) is 19.9. The van der Waals surface area contributed by atoms with Gasteiger partial charge in [0.2, 0.25) is 0 Å². The minimum Gasteiger partial charge on any atom is -0.357 e. The highest BCUT2D eigenvalue weighted by Gasteiger charge is 2.22. The van der Waals surface area contributed by atoms with Gasteiger partial charge in [0.1, 0.15) is 5.82 Å². The molecule has 0 amide bonds. The summed E-state index contributed by atoms with van der Waals surface area (Å²) in [4.78, 5) is 21.7. The molecule has 1 aliphatic carbocycles. The molecule has 0 spiro atoms. The summed E-state index contributed by atoms with van der Waals surface area (Å²) < 4.78 is 2.35. The molecule has 1 unspecified atom stereocenters. The van der Waals surface area contributed by atoms with Gasteiger partial charge in [-0.25, -0.2) is 15.0 Å². The van der Waals surface area contributed by atoms with Crippen LogP contribution < -0.4 is 10.2 Å². The van der Waals surface area contributed by atoms with Crippen molar-refractivity contribution in [1.82, 2.24) is 29.8 Å². The second kappa shape index (κ2) is 9.13. The molecule has 3 aromatic heterocycles. The Morgan fingerprint density at radius 2 is 1.86 bits per heavy atom. The summed E-state index contributed by atoms with van der Waals surface area (Å²) >= 11 is 0. The number of hydrogen-bond donors (Lipinski definition) is 1. The average Bonchev–Trinajstić information content (AvgIpc) is 3.58. The fourth-order valence-corrected chi connectivity index (χ4v) is 5.90. The predicted molar refractivity (Wildman–Crippen MR) is 143 cm³/mol. The summed E-state index contributed by atoms with van der Waals surface area (Å²) in [5.41, 5.74) is 8.61. The van der Waals surface area contributed by atoms with Gasteiger partial charge in [0.15, 0.2) is 0 Å². The molecule has 0 bridgehead atoms. The smallest absolute Gasteiger partial charge is 0.129 e. The van der Waals surface area contributed by atoms with E-state index in [9.17, 15) is 0 Å². The standard InChI is InChI=1S/C29H31N7/c1-2-13-35(14-3-1)28-16-21(10-12-31-28)26-18-32-25-9-7-23(29(25)34-26)20-6-8-24-27(15-20)36(19-33-24)22-5-4-11-30-17-22/h6-8,10,12,15-16,18-19,22,30H,1-5,9,11,13-14,17H2. The summed E-state index contributed by atoms with van der Waals surface area (Å²) in [6.07, 6.45) is 15.1. The molecule has 36 heavy (non-hydrogen) atoms. The number of rotatable bonds is 4. The lowest BCUT2D eigenvalue weighted by Gasteiger charge is -2.27. The monoisotopic (exact) mass is 477 g/mol. The molecule has 2 saturated heterocycles. The minimum atomic E-state index is 0.455. The molecule has 7 nitrogen and oxygen atoms in total. The molecule has 1 aromatic carbocycles. The van der Waals surface area contributed by atoms with E-state index in [1.54, 1.807) is 0 Å². The maximum Gasteiger partial charge on any atom is 0.129 e. The molecule has 4 aromatic rings. The van der Waals surface area contributed by atoms with Gasteiger partial charge in [0.05, 0.1) is 40.6 Å². The first-order valence-electron chi connectivity index (χ1n) is 13.3. The summed E-state index contributed by atoms with van der Waals surface area (Å²) in [6.45, 7) is 4.27. The number of fused-ring (bicyclic) bond motifs is 2. The van der Waals surface area contributed by atoms with Crippen molar-refractivity contribution in [1.29, 1.82) is 0 Å². The van der Waals surface area contributed by atoms with Crippen LogP contribution in [-0.4, -0.2) is 50.7 Å². The van der Waals surface area contributed by atoms with Gasteiger partial charge in [-0.05, 0) is 68.5 Å². The zero-order chi connectivity index (χ0) is 23.9. The molecular formula is C29H31N7. The van der Waals surface area contributed by atoms with Gasteiger partial charge in [0, 0.05) is 49.4 Å². The minimum absolute atomic E-state index is 0.455. The van der Waals surface area contributed by atoms with Gasteiger partial charge >= 0.3 is 0 Å². The molecule has 3 aliphatic rings. The highest BCUT2D eigenvalue weighted by Crippen LogP contribution is 2.34. The molecule has 1 N–H and O–H groups in total. The number of nitrogens with one attached hydrogen (secondary N) is 1. The lowest BCUT2D eigenvalue weighted by atomic mass is 10.0. The van der Waals surface area contributed by atoms with E-state index in [2.05, 4.69) is 55.1 Å². The fourth-order valence-electron chi connectivity index (χ4n) is 5.90. The van der Waals surface area contributed by atoms with Crippen LogP contribution in [0.2, 0.25) is 0 Å². The zero-order valence-corrected chi connectivity index (χ0v) is 20.5. The molecule has 2 fully saturated rings. The topological polar surface area (TPSA) is 71.8 Å². The molecule has 182 valence electrons. The van der Waals surface area contributed by atoms with Crippen LogP contribution in [0.1, 0.15) is 55.1 Å². The highest BCUT2D eigenvalue weighted by molar-refractivity contribution is 5.88. The Balaban J connectivity index is 1.22. The first-order valence-corrected chi connectivity index (χ1v) is 13.3. The second-order valence-corrected chi connectivity index (χ2v) is 10.2. The van der Waals surface area contributed by atoms with Crippen molar-refractivity contribution in [2.75, 3.05) is 31.1 Å². The van der Waals surface area contributed by atoms with Crippen LogP contribution in [0.5, 0.6) is 0 Å². The van der Waals surface area contributed by atoms with Gasteiger partial charge in [-0.15, -0.1) is 0 Å². The molecule has 2 aliphatic heterocycles. The number of allylic oxidation sites excluding steroid dienone is 1. The Labute approximate surface area is 211 Å². The van der Waals surface area contributed by atoms with Crippen molar-refractivity contribution in [2.24, 2.45) is 0 Å². The van der Waals surface area contributed by atoms with Crippen molar-refractivity contribution in [3.8, 4) is 11.3 Å². The van der Waals surface area contributed by atoms with Crippen LogP contribution in [0.3, 0.4) is 0 Å². The number of nitrogens with zero attached hydrogens (tertiary/aromatic N) is 6. The largest absolute Gasteiger partial charge is 0.357 e. The van der Waals surface area contributed by atoms with Crippen LogP contribution in [0, 0.1) is 0 Å². The first-order chi connectivity index (χ1) is 17.8. The molecule has 0 saturated carbocycles. The van der Waals surface area contributed by atoms with E-state index < -0.39 is 0 Å². The molecule has 7 heteroatoms. The van der Waals surface area contributed by atoms with E-state index in [0.29, 0.717) is 6.04 Å². The Kier molecular flexibility index (Phi) is 5.50. The predicted octanol–water partition coefficient (Wildman–Crippen LogP) is 4.79. The summed E-state index contributed by atoms with van der Waals surface area (Å²) in [7, 11) is 0. The van der Waals surface area contributed by atoms with Crippen LogP contribution >= 0.6 is 0 Å². The second-order valence-electron chi connectivity index (χ2n) is 10.2. The van der Waals surface area contributed by atoms with Gasteiger partial charge in [0.25, 0.3) is 0 Å². The summed E-state index contributed by atoms with van der Waals surface area (Å²) in [5, 5.41) is 3.53. The quantitative estimate of drug-likeness (QED) is 0.456. The maximum absolute atomic E-state index is 5.14. The summed E-state index contributed by atoms with van der Waals surface area (Å²) in [6, 6.07) is 11.3. The van der Waals surface area contributed by atoms with Crippen molar-refractivity contribution < 1.29 is 0 Å². The number of aromatic nitrogens is 5. The number of pyridine rings is 1. The van der Waals surface area contributed by atoms with Gasteiger partial charge in [-0.3, -0.25) is 4.98 Å². The van der Waals surface area contributed by atoms with Gasteiger partial charge in [-0.1, -0.05) is 12.1 Å². The third-order valence-corrected chi connectivity index (χ3v) is 7.87. The number of piperidine rings is 2.